The number of hydrogen-bond acceptors (Lipinski definition) is 2. The van der Waals surface area contributed by atoms with Crippen LogP contribution >= 0.6 is 0 Å². The van der Waals surface area contributed by atoms with Gasteiger partial charge in [-0.25, -0.2) is 0 Å². The van der Waals surface area contributed by atoms with Gasteiger partial charge in [0.2, 0.25) is 0 Å². The number of aliphatic hydroxyl groups excluding tert-OH is 2. The second-order valence-corrected chi connectivity index (χ2v) is 15.1. The summed E-state index contributed by atoms with van der Waals surface area (Å²) in [4.78, 5) is 0. The van der Waals surface area contributed by atoms with Crippen molar-refractivity contribution in [1.29, 1.82) is 0 Å². The first-order valence-corrected chi connectivity index (χ1v) is 20.9. The highest BCUT2D eigenvalue weighted by atomic mass is 16.3. The summed E-state index contributed by atoms with van der Waals surface area (Å²) in [5.74, 6) is 0. The van der Waals surface area contributed by atoms with Crippen LogP contribution in [0.4, 0.5) is 0 Å². The minimum Gasteiger partial charge on any atom is -0.392 e. The van der Waals surface area contributed by atoms with E-state index in [0.29, 0.717) is 0 Å². The number of aryl methyl sites for hydroxylation is 4. The Kier molecular flexibility index (Phi) is 13.6. The average molecular weight is 677 g/mol. The van der Waals surface area contributed by atoms with Crippen molar-refractivity contribution in [3.63, 3.8) is 0 Å². The Morgan fingerprint density at radius 2 is 0.640 bits per heavy atom. The molecule has 1 aliphatic carbocycles. The lowest BCUT2D eigenvalue weighted by Gasteiger charge is -2.33. The molecule has 0 fully saturated rings. The maximum absolute atomic E-state index is 10.9. The van der Waals surface area contributed by atoms with E-state index in [2.05, 4.69) is 67.5 Å². The summed E-state index contributed by atoms with van der Waals surface area (Å²) in [6.07, 6.45) is 19.7. The number of rotatable bonds is 18. The van der Waals surface area contributed by atoms with Crippen LogP contribution in [-0.2, 0) is 77.4 Å². The summed E-state index contributed by atoms with van der Waals surface area (Å²) in [7, 11) is 0. The van der Waals surface area contributed by atoms with E-state index >= 15 is 0 Å². The summed E-state index contributed by atoms with van der Waals surface area (Å²) in [6, 6.07) is 5.33. The van der Waals surface area contributed by atoms with E-state index < -0.39 is 0 Å². The maximum atomic E-state index is 10.9. The molecule has 0 bridgehead atoms. The van der Waals surface area contributed by atoms with E-state index in [1.807, 2.05) is 0 Å². The van der Waals surface area contributed by atoms with E-state index in [4.69, 9.17) is 0 Å². The fourth-order valence-electron chi connectivity index (χ4n) is 9.91. The summed E-state index contributed by atoms with van der Waals surface area (Å²) in [6.45, 7) is 18.7. The third kappa shape index (κ3) is 6.93. The van der Waals surface area contributed by atoms with Gasteiger partial charge in [0.25, 0.3) is 0 Å². The van der Waals surface area contributed by atoms with Gasteiger partial charge in [0.15, 0.2) is 0 Å². The zero-order chi connectivity index (χ0) is 35.9. The van der Waals surface area contributed by atoms with Gasteiger partial charge in [-0.1, -0.05) is 81.1 Å². The molecule has 0 saturated carbocycles. The summed E-state index contributed by atoms with van der Waals surface area (Å²) < 4.78 is 0. The molecule has 4 aromatic rings. The Morgan fingerprint density at radius 3 is 0.920 bits per heavy atom. The van der Waals surface area contributed by atoms with Crippen molar-refractivity contribution < 1.29 is 10.2 Å². The Morgan fingerprint density at radius 1 is 0.360 bits per heavy atom. The molecule has 2 heteroatoms. The minimum absolute atomic E-state index is 0.0153. The molecule has 0 atom stereocenters. The molecule has 0 saturated heterocycles. The summed E-state index contributed by atoms with van der Waals surface area (Å²) in [5.41, 5.74) is 20.4. The van der Waals surface area contributed by atoms with Gasteiger partial charge >= 0.3 is 0 Å². The minimum atomic E-state index is 0.0153. The van der Waals surface area contributed by atoms with E-state index in [0.717, 1.165) is 101 Å². The maximum Gasteiger partial charge on any atom is 0.0688 e. The van der Waals surface area contributed by atoms with Crippen LogP contribution in [0.25, 0.3) is 21.5 Å². The number of benzene rings is 4. The fourth-order valence-corrected chi connectivity index (χ4v) is 9.91. The van der Waals surface area contributed by atoms with Gasteiger partial charge in [-0.15, -0.1) is 0 Å². The van der Waals surface area contributed by atoms with Crippen molar-refractivity contribution >= 4 is 21.5 Å². The third-order valence-electron chi connectivity index (χ3n) is 12.4. The predicted molar refractivity (Wildman–Crippen MR) is 217 cm³/mol. The van der Waals surface area contributed by atoms with Crippen molar-refractivity contribution in [3.05, 3.63) is 90.0 Å². The van der Waals surface area contributed by atoms with Crippen LogP contribution in [0, 0.1) is 0 Å². The third-order valence-corrected chi connectivity index (χ3v) is 12.4. The van der Waals surface area contributed by atoms with Gasteiger partial charge in [0.1, 0.15) is 0 Å². The largest absolute Gasteiger partial charge is 0.392 e. The lowest BCUT2D eigenvalue weighted by Crippen LogP contribution is -2.21. The Hall–Kier alpha value is -2.68. The molecular weight excluding hydrogens is 609 g/mol. The van der Waals surface area contributed by atoms with Crippen LogP contribution in [0.1, 0.15) is 185 Å². The van der Waals surface area contributed by atoms with Crippen LogP contribution in [0.5, 0.6) is 0 Å². The van der Waals surface area contributed by atoms with Crippen molar-refractivity contribution in [1.82, 2.24) is 0 Å². The smallest absolute Gasteiger partial charge is 0.0688 e. The van der Waals surface area contributed by atoms with Crippen molar-refractivity contribution in [2.24, 2.45) is 0 Å². The van der Waals surface area contributed by atoms with E-state index in [1.165, 1.54) is 69.5 Å². The van der Waals surface area contributed by atoms with Gasteiger partial charge in [0.05, 0.1) is 13.2 Å². The SMILES string of the molecule is CCCCc1c(CO)c(CO)c(CCCC)c2c1Cc1c(c(CCCC)c3cc4c(CC)c(CC)c(CC)c(CC)c4cc3c1CCCC)C2. The first kappa shape index (κ1) is 38.5. The first-order chi connectivity index (χ1) is 24.4. The van der Waals surface area contributed by atoms with Crippen molar-refractivity contribution in [2.75, 3.05) is 0 Å². The molecule has 5 rings (SSSR count). The molecule has 0 unspecified atom stereocenters. The topological polar surface area (TPSA) is 40.5 Å². The van der Waals surface area contributed by atoms with E-state index in [1.54, 1.807) is 44.5 Å². The van der Waals surface area contributed by atoms with E-state index in [-0.39, 0.29) is 13.2 Å². The molecule has 272 valence electrons. The molecule has 1 aliphatic rings. The quantitative estimate of drug-likeness (QED) is 0.0907. The van der Waals surface area contributed by atoms with Crippen molar-refractivity contribution in [2.45, 2.75) is 184 Å². The van der Waals surface area contributed by atoms with Gasteiger partial charge in [-0.05, 0) is 201 Å². The highest BCUT2D eigenvalue weighted by Crippen LogP contribution is 2.45. The van der Waals surface area contributed by atoms with Crippen LogP contribution in [0.2, 0.25) is 0 Å². The van der Waals surface area contributed by atoms with Crippen LogP contribution in [-0.4, -0.2) is 10.2 Å². The normalized spacial score (nSPS) is 12.7. The number of unbranched alkanes of at least 4 members (excludes halogenated alkanes) is 4. The molecule has 2 N–H and O–H groups in total. The van der Waals surface area contributed by atoms with Crippen LogP contribution < -0.4 is 0 Å². The van der Waals surface area contributed by atoms with Crippen LogP contribution in [0.15, 0.2) is 12.1 Å². The Bertz CT molecular complexity index is 1680. The molecule has 0 heterocycles. The average Bonchev–Trinajstić information content (AvgIpc) is 3.14. The second-order valence-electron chi connectivity index (χ2n) is 15.1. The molecule has 2 nitrogen and oxygen atoms in total. The fraction of sp³-hybridized carbons (Fsp3) is 0.583. The number of aliphatic hydroxyl groups is 2. The number of fused-ring (bicyclic) bond motifs is 4. The van der Waals surface area contributed by atoms with E-state index in [9.17, 15) is 10.2 Å². The van der Waals surface area contributed by atoms with Crippen molar-refractivity contribution in [3.8, 4) is 0 Å². The first-order valence-electron chi connectivity index (χ1n) is 20.9. The molecule has 0 spiro atoms. The zero-order valence-corrected chi connectivity index (χ0v) is 33.2. The standard InChI is InChI=1S/C48H68O2/c1-9-17-21-35-41-25-39-33(15-7)31(13-5)32(14-6)34(16-8)40(39)26-42(41)36(22-18-10-2)44-28-46-38(24-20-12-4)48(30-50)47(29-49)37(23-19-11-3)45(46)27-43(35)44/h25-26,49-50H,9-24,27-30H2,1-8H3. The lowest BCUT2D eigenvalue weighted by molar-refractivity contribution is 0.257. The molecule has 0 aliphatic heterocycles. The Labute approximate surface area is 305 Å². The molecule has 4 aromatic carbocycles. The Balaban J connectivity index is 1.95. The van der Waals surface area contributed by atoms with Gasteiger partial charge in [-0.3, -0.25) is 0 Å². The molecular formula is C48H68O2. The van der Waals surface area contributed by atoms with Crippen LogP contribution in [0.3, 0.4) is 0 Å². The zero-order valence-electron chi connectivity index (χ0n) is 33.2. The molecule has 0 amide bonds. The molecule has 50 heavy (non-hydrogen) atoms. The second kappa shape index (κ2) is 17.7. The predicted octanol–water partition coefficient (Wildman–Crippen LogP) is 12.1. The van der Waals surface area contributed by atoms with Gasteiger partial charge < -0.3 is 10.2 Å². The highest BCUT2D eigenvalue weighted by Gasteiger charge is 2.31. The van der Waals surface area contributed by atoms with Gasteiger partial charge in [-0.2, -0.15) is 0 Å². The number of hydrogen-bond donors (Lipinski definition) is 2. The highest BCUT2D eigenvalue weighted by molar-refractivity contribution is 6.05. The summed E-state index contributed by atoms with van der Waals surface area (Å²) >= 11 is 0. The lowest BCUT2D eigenvalue weighted by atomic mass is 9.71. The summed E-state index contributed by atoms with van der Waals surface area (Å²) in [5, 5.41) is 27.8. The molecule has 0 aromatic heterocycles. The monoisotopic (exact) mass is 677 g/mol. The van der Waals surface area contributed by atoms with Gasteiger partial charge in [0, 0.05) is 0 Å². The molecule has 0 radical (unpaired) electrons.